The van der Waals surface area contributed by atoms with Gasteiger partial charge in [0.2, 0.25) is 5.16 Å². The molecule has 8 heteroatoms. The van der Waals surface area contributed by atoms with Crippen molar-refractivity contribution in [1.82, 2.24) is 20.2 Å². The van der Waals surface area contributed by atoms with Crippen molar-refractivity contribution in [2.45, 2.75) is 31.5 Å². The van der Waals surface area contributed by atoms with Gasteiger partial charge in [0.15, 0.2) is 0 Å². The van der Waals surface area contributed by atoms with Gasteiger partial charge < -0.3 is 4.74 Å². The highest BCUT2D eigenvalue weighted by Crippen LogP contribution is 2.17. The minimum Gasteiger partial charge on any atom is -0.465 e. The Bertz CT molecular complexity index is 527. The first-order valence-electron chi connectivity index (χ1n) is 6.36. The van der Waals surface area contributed by atoms with E-state index in [-0.39, 0.29) is 11.7 Å². The third-order valence-corrected chi connectivity index (χ3v) is 4.26. The zero-order valence-electron chi connectivity index (χ0n) is 11.2. The van der Waals surface area contributed by atoms with Crippen molar-refractivity contribution in [3.05, 3.63) is 22.4 Å². The summed E-state index contributed by atoms with van der Waals surface area (Å²) in [6, 6.07) is 4.02. The number of hydrogen-bond acceptors (Lipinski definition) is 7. The summed E-state index contributed by atoms with van der Waals surface area (Å²) in [5.74, 6) is 0.00302. The van der Waals surface area contributed by atoms with Crippen molar-refractivity contribution >= 4 is 29.1 Å². The van der Waals surface area contributed by atoms with Crippen molar-refractivity contribution in [1.29, 1.82) is 0 Å². The Morgan fingerprint density at radius 1 is 1.55 bits per heavy atom. The first-order valence-corrected chi connectivity index (χ1v) is 8.23. The average Bonchev–Trinajstić information content (AvgIpc) is 3.09. The predicted molar refractivity (Wildman–Crippen MR) is 77.8 cm³/mol. The van der Waals surface area contributed by atoms with Crippen LogP contribution >= 0.6 is 23.1 Å². The minimum atomic E-state index is -0.228. The Hall–Kier alpha value is -1.41. The first kappa shape index (κ1) is 15.0. The van der Waals surface area contributed by atoms with E-state index in [2.05, 4.69) is 22.4 Å². The second-order valence-electron chi connectivity index (χ2n) is 4.06. The fraction of sp³-hybridized carbons (Fsp3) is 0.500. The third kappa shape index (κ3) is 4.61. The molecule has 2 rings (SSSR count). The number of ether oxygens (including phenoxy) is 1. The van der Waals surface area contributed by atoms with E-state index in [4.69, 9.17) is 4.74 Å². The molecule has 0 saturated heterocycles. The van der Waals surface area contributed by atoms with Crippen LogP contribution in [0.5, 0.6) is 0 Å². The molecule has 0 aliphatic rings. The van der Waals surface area contributed by atoms with Gasteiger partial charge in [-0.05, 0) is 28.3 Å². The minimum absolute atomic E-state index is 0.228. The zero-order chi connectivity index (χ0) is 14.2. The second kappa shape index (κ2) is 8.01. The van der Waals surface area contributed by atoms with Crippen molar-refractivity contribution < 1.29 is 9.53 Å². The van der Waals surface area contributed by atoms with Gasteiger partial charge in [-0.1, -0.05) is 31.2 Å². The number of thiophene rings is 1. The highest BCUT2D eigenvalue weighted by molar-refractivity contribution is 7.99. The van der Waals surface area contributed by atoms with Gasteiger partial charge in [0.05, 0.1) is 18.9 Å². The number of aromatic nitrogens is 4. The number of thioether (sulfide) groups is 1. The highest BCUT2D eigenvalue weighted by atomic mass is 32.2. The molecule has 0 fully saturated rings. The van der Waals surface area contributed by atoms with E-state index in [1.807, 2.05) is 17.5 Å². The Kier molecular flexibility index (Phi) is 6.00. The standard InChI is InChI=1S/C12H16N4O2S2/c1-2-3-6-18-11(17)9-20-12-13-14-15-16(12)8-10-5-4-7-19-10/h4-5,7H,2-3,6,8-9H2,1H3. The molecule has 0 aliphatic carbocycles. The van der Waals surface area contributed by atoms with Gasteiger partial charge >= 0.3 is 5.97 Å². The molecule has 108 valence electrons. The largest absolute Gasteiger partial charge is 0.465 e. The van der Waals surface area contributed by atoms with Crippen LogP contribution in [0.25, 0.3) is 0 Å². The number of carbonyl (C=O) groups excluding carboxylic acids is 1. The predicted octanol–water partition coefficient (Wildman–Crippen LogP) is 2.22. The quantitative estimate of drug-likeness (QED) is 0.423. The fourth-order valence-corrected chi connectivity index (χ4v) is 2.81. The lowest BCUT2D eigenvalue weighted by Crippen LogP contribution is -2.10. The third-order valence-electron chi connectivity index (χ3n) is 2.46. The number of unbranched alkanes of at least 4 members (excludes halogenated alkanes) is 1. The van der Waals surface area contributed by atoms with Gasteiger partial charge in [-0.3, -0.25) is 4.79 Å². The number of rotatable bonds is 8. The molecule has 2 aromatic rings. The van der Waals surface area contributed by atoms with Crippen molar-refractivity contribution in [3.63, 3.8) is 0 Å². The Balaban J connectivity index is 1.81. The summed E-state index contributed by atoms with van der Waals surface area (Å²) in [7, 11) is 0. The summed E-state index contributed by atoms with van der Waals surface area (Å²) in [6.07, 6.45) is 1.91. The molecule has 0 saturated carbocycles. The molecule has 0 N–H and O–H groups in total. The number of esters is 1. The van der Waals surface area contributed by atoms with Gasteiger partial charge in [-0.25, -0.2) is 4.68 Å². The smallest absolute Gasteiger partial charge is 0.316 e. The SMILES string of the molecule is CCCCOC(=O)CSc1nnnn1Cc1cccs1. The summed E-state index contributed by atoms with van der Waals surface area (Å²) >= 11 is 2.95. The van der Waals surface area contributed by atoms with Crippen LogP contribution in [0, 0.1) is 0 Å². The number of carbonyl (C=O) groups is 1. The van der Waals surface area contributed by atoms with Crippen LogP contribution in [0.1, 0.15) is 24.6 Å². The fourth-order valence-electron chi connectivity index (χ4n) is 1.44. The summed E-state index contributed by atoms with van der Waals surface area (Å²) in [5.41, 5.74) is 0. The summed E-state index contributed by atoms with van der Waals surface area (Å²) in [5, 5.41) is 14.2. The van der Waals surface area contributed by atoms with Crippen LogP contribution in [0.3, 0.4) is 0 Å². The molecular formula is C12H16N4O2S2. The van der Waals surface area contributed by atoms with Gasteiger partial charge in [-0.2, -0.15) is 0 Å². The van der Waals surface area contributed by atoms with E-state index < -0.39 is 0 Å². The number of hydrogen-bond donors (Lipinski definition) is 0. The van der Waals surface area contributed by atoms with Gasteiger partial charge in [0, 0.05) is 4.88 Å². The van der Waals surface area contributed by atoms with Crippen molar-refractivity contribution in [2.24, 2.45) is 0 Å². The van der Waals surface area contributed by atoms with Crippen molar-refractivity contribution in [3.8, 4) is 0 Å². The van der Waals surface area contributed by atoms with Crippen molar-refractivity contribution in [2.75, 3.05) is 12.4 Å². The molecule has 20 heavy (non-hydrogen) atoms. The summed E-state index contributed by atoms with van der Waals surface area (Å²) in [6.45, 7) is 3.16. The molecule has 0 atom stereocenters. The maximum atomic E-state index is 11.5. The number of tetrazole rings is 1. The molecule has 0 bridgehead atoms. The molecule has 0 radical (unpaired) electrons. The van der Waals surface area contributed by atoms with E-state index in [0.29, 0.717) is 18.3 Å². The van der Waals surface area contributed by atoms with Gasteiger partial charge in [0.1, 0.15) is 0 Å². The highest BCUT2D eigenvalue weighted by Gasteiger charge is 2.11. The molecule has 0 aromatic carbocycles. The number of nitrogens with zero attached hydrogens (tertiary/aromatic N) is 4. The van der Waals surface area contributed by atoms with E-state index in [1.54, 1.807) is 16.0 Å². The second-order valence-corrected chi connectivity index (χ2v) is 6.04. The van der Waals surface area contributed by atoms with Crippen LogP contribution in [-0.2, 0) is 16.1 Å². The maximum absolute atomic E-state index is 11.5. The van der Waals surface area contributed by atoms with Crippen LogP contribution in [0.4, 0.5) is 0 Å². The molecular weight excluding hydrogens is 296 g/mol. The summed E-state index contributed by atoms with van der Waals surface area (Å²) < 4.78 is 6.78. The normalized spacial score (nSPS) is 10.7. The van der Waals surface area contributed by atoms with Gasteiger partial charge in [-0.15, -0.1) is 16.4 Å². The van der Waals surface area contributed by atoms with Crippen LogP contribution < -0.4 is 0 Å². The monoisotopic (exact) mass is 312 g/mol. The lowest BCUT2D eigenvalue weighted by Gasteiger charge is -2.04. The van der Waals surface area contributed by atoms with Gasteiger partial charge in [0.25, 0.3) is 0 Å². The summed E-state index contributed by atoms with van der Waals surface area (Å²) in [4.78, 5) is 12.7. The molecule has 0 spiro atoms. The molecule has 6 nitrogen and oxygen atoms in total. The van der Waals surface area contributed by atoms with Crippen LogP contribution in [0.15, 0.2) is 22.7 Å². The Labute approximate surface area is 125 Å². The van der Waals surface area contributed by atoms with E-state index in [1.165, 1.54) is 16.6 Å². The first-order chi connectivity index (χ1) is 9.79. The molecule has 2 heterocycles. The van der Waals surface area contributed by atoms with E-state index in [0.717, 1.165) is 12.8 Å². The van der Waals surface area contributed by atoms with E-state index >= 15 is 0 Å². The molecule has 0 aliphatic heterocycles. The maximum Gasteiger partial charge on any atom is 0.316 e. The molecule has 0 amide bonds. The average molecular weight is 312 g/mol. The molecule has 2 aromatic heterocycles. The Morgan fingerprint density at radius 2 is 2.45 bits per heavy atom. The zero-order valence-corrected chi connectivity index (χ0v) is 12.8. The van der Waals surface area contributed by atoms with E-state index in [9.17, 15) is 4.79 Å². The van der Waals surface area contributed by atoms with Crippen LogP contribution in [0.2, 0.25) is 0 Å². The molecule has 0 unspecified atom stereocenters. The lowest BCUT2D eigenvalue weighted by atomic mass is 10.4. The Morgan fingerprint density at radius 3 is 3.20 bits per heavy atom. The van der Waals surface area contributed by atoms with Crippen LogP contribution in [-0.4, -0.2) is 38.5 Å². The lowest BCUT2D eigenvalue weighted by molar-refractivity contribution is -0.140. The topological polar surface area (TPSA) is 69.9 Å².